The van der Waals surface area contributed by atoms with E-state index in [4.69, 9.17) is 5.73 Å². The molecule has 3 saturated carbocycles. The Hall–Kier alpha value is -0.0800. The summed E-state index contributed by atoms with van der Waals surface area (Å²) in [6.07, 6.45) is 7.35. The largest absolute Gasteiger partial charge is 0.390 e. The van der Waals surface area contributed by atoms with Crippen LogP contribution in [0.2, 0.25) is 0 Å². The third-order valence-corrected chi connectivity index (χ3v) is 5.00. The third-order valence-electron chi connectivity index (χ3n) is 5.00. The smallest absolute Gasteiger partial charge is 0.0693 e. The summed E-state index contributed by atoms with van der Waals surface area (Å²) in [5.41, 5.74) is 5.25. The molecule has 0 amide bonds. The molecule has 3 bridgehead atoms. The van der Waals surface area contributed by atoms with Crippen LogP contribution in [0.3, 0.4) is 0 Å². The summed E-state index contributed by atoms with van der Waals surface area (Å²) < 4.78 is 0. The molecule has 0 aromatic rings. The van der Waals surface area contributed by atoms with Gasteiger partial charge < -0.3 is 10.8 Å². The van der Waals surface area contributed by atoms with Gasteiger partial charge in [-0.1, -0.05) is 0 Å². The Balaban J connectivity index is 1.88. The van der Waals surface area contributed by atoms with Gasteiger partial charge >= 0.3 is 0 Å². The van der Waals surface area contributed by atoms with Crippen LogP contribution in [0.1, 0.15) is 38.5 Å². The fourth-order valence-electron chi connectivity index (χ4n) is 4.70. The molecule has 3 fully saturated rings. The molecule has 0 spiro atoms. The molecule has 2 unspecified atom stereocenters. The topological polar surface area (TPSA) is 46.2 Å². The van der Waals surface area contributed by atoms with Crippen molar-refractivity contribution in [2.45, 2.75) is 44.1 Å². The van der Waals surface area contributed by atoms with Crippen molar-refractivity contribution >= 4 is 0 Å². The van der Waals surface area contributed by atoms with Gasteiger partial charge in [-0.05, 0) is 68.7 Å². The van der Waals surface area contributed by atoms with Crippen molar-refractivity contribution in [2.75, 3.05) is 6.54 Å². The van der Waals surface area contributed by atoms with Gasteiger partial charge in [0.05, 0.1) is 5.60 Å². The molecule has 80 valence electrons. The van der Waals surface area contributed by atoms with Crippen LogP contribution >= 0.6 is 0 Å². The molecule has 0 aliphatic heterocycles. The molecule has 3 rings (SSSR count). The Kier molecular flexibility index (Phi) is 1.94. The number of rotatable bonds is 2. The molecular weight excluding hydrogens is 174 g/mol. The maximum absolute atomic E-state index is 10.7. The maximum atomic E-state index is 10.7. The van der Waals surface area contributed by atoms with Gasteiger partial charge in [0.2, 0.25) is 0 Å². The molecule has 0 radical (unpaired) electrons. The van der Waals surface area contributed by atoms with Crippen LogP contribution in [0.5, 0.6) is 0 Å². The van der Waals surface area contributed by atoms with Crippen LogP contribution in [0.25, 0.3) is 0 Å². The Morgan fingerprint density at radius 1 is 1.14 bits per heavy atom. The molecule has 2 heteroatoms. The Labute approximate surface area is 85.9 Å². The normalized spacial score (nSPS) is 55.3. The lowest BCUT2D eigenvalue weighted by molar-refractivity contribution is -0.0845. The number of fused-ring (bicyclic) bond motifs is 2. The van der Waals surface area contributed by atoms with E-state index >= 15 is 0 Å². The summed E-state index contributed by atoms with van der Waals surface area (Å²) in [5, 5.41) is 10.7. The molecule has 2 nitrogen and oxygen atoms in total. The summed E-state index contributed by atoms with van der Waals surface area (Å²) >= 11 is 0. The monoisotopic (exact) mass is 195 g/mol. The second kappa shape index (κ2) is 2.96. The highest BCUT2D eigenvalue weighted by molar-refractivity contribution is 5.05. The molecule has 3 aliphatic rings. The lowest BCUT2D eigenvalue weighted by Crippen LogP contribution is -2.47. The van der Waals surface area contributed by atoms with E-state index in [9.17, 15) is 5.11 Å². The Morgan fingerprint density at radius 3 is 2.71 bits per heavy atom. The van der Waals surface area contributed by atoms with Gasteiger partial charge in [-0.25, -0.2) is 0 Å². The van der Waals surface area contributed by atoms with E-state index in [1.54, 1.807) is 0 Å². The van der Waals surface area contributed by atoms with Crippen molar-refractivity contribution in [1.82, 2.24) is 0 Å². The van der Waals surface area contributed by atoms with Crippen LogP contribution in [0, 0.1) is 23.7 Å². The zero-order chi connectivity index (χ0) is 9.76. The number of nitrogens with two attached hydrogens (primary N) is 1. The van der Waals surface area contributed by atoms with E-state index in [-0.39, 0.29) is 5.60 Å². The van der Waals surface area contributed by atoms with E-state index in [2.05, 4.69) is 0 Å². The first kappa shape index (κ1) is 9.17. The third kappa shape index (κ3) is 1.17. The second-order valence-electron chi connectivity index (χ2n) is 5.89. The van der Waals surface area contributed by atoms with Crippen molar-refractivity contribution in [3.63, 3.8) is 0 Å². The highest BCUT2D eigenvalue weighted by Gasteiger charge is 2.54. The molecular formula is C12H21NO. The first-order valence-electron chi connectivity index (χ1n) is 6.14. The fourth-order valence-corrected chi connectivity index (χ4v) is 4.70. The van der Waals surface area contributed by atoms with Crippen molar-refractivity contribution < 1.29 is 5.11 Å². The highest BCUT2D eigenvalue weighted by Crippen LogP contribution is 2.59. The maximum Gasteiger partial charge on any atom is 0.0693 e. The van der Waals surface area contributed by atoms with Gasteiger partial charge in [-0.15, -0.1) is 0 Å². The molecule has 14 heavy (non-hydrogen) atoms. The van der Waals surface area contributed by atoms with Crippen LogP contribution in [0.4, 0.5) is 0 Å². The minimum absolute atomic E-state index is 0.381. The standard InChI is InChI=1S/C12H21NO/c13-2-1-12(14)7-9-3-8-4-10(5-9)11(12)6-8/h8-11,14H,1-7,13H2/t8-,9+,10-,11?,12?/m0/s1. The number of aliphatic hydroxyl groups is 1. The van der Waals surface area contributed by atoms with E-state index in [0.29, 0.717) is 12.5 Å². The average Bonchev–Trinajstić information content (AvgIpc) is 2.36. The first-order chi connectivity index (χ1) is 6.71. The van der Waals surface area contributed by atoms with Crippen molar-refractivity contribution in [3.05, 3.63) is 0 Å². The minimum atomic E-state index is -0.381. The summed E-state index contributed by atoms with van der Waals surface area (Å²) in [6, 6.07) is 0. The molecule has 0 aromatic heterocycles. The summed E-state index contributed by atoms with van der Waals surface area (Å²) in [5.74, 6) is 3.18. The number of hydrogen-bond acceptors (Lipinski definition) is 2. The van der Waals surface area contributed by atoms with Gasteiger partial charge in [0.1, 0.15) is 0 Å². The van der Waals surface area contributed by atoms with Gasteiger partial charge in [0, 0.05) is 0 Å². The predicted octanol–water partition coefficient (Wildman–Crippen LogP) is 1.52. The van der Waals surface area contributed by atoms with Gasteiger partial charge in [0.15, 0.2) is 0 Å². The molecule has 3 N–H and O–H groups in total. The first-order valence-corrected chi connectivity index (χ1v) is 6.14. The number of hydrogen-bond donors (Lipinski definition) is 2. The van der Waals surface area contributed by atoms with Crippen LogP contribution in [-0.2, 0) is 0 Å². The van der Waals surface area contributed by atoms with Crippen LogP contribution in [-0.4, -0.2) is 17.3 Å². The molecule has 3 aliphatic carbocycles. The molecule has 0 aromatic carbocycles. The minimum Gasteiger partial charge on any atom is -0.390 e. The Bertz CT molecular complexity index is 240. The molecule has 0 saturated heterocycles. The quantitative estimate of drug-likeness (QED) is 0.702. The van der Waals surface area contributed by atoms with E-state index < -0.39 is 0 Å². The summed E-state index contributed by atoms with van der Waals surface area (Å²) in [7, 11) is 0. The second-order valence-corrected chi connectivity index (χ2v) is 5.89. The lowest BCUT2D eigenvalue weighted by atomic mass is 9.64. The van der Waals surface area contributed by atoms with Crippen molar-refractivity contribution in [3.8, 4) is 0 Å². The van der Waals surface area contributed by atoms with E-state index in [0.717, 1.165) is 30.6 Å². The average molecular weight is 195 g/mol. The van der Waals surface area contributed by atoms with Crippen LogP contribution in [0.15, 0.2) is 0 Å². The molecule has 0 heterocycles. The Morgan fingerprint density at radius 2 is 1.93 bits per heavy atom. The predicted molar refractivity (Wildman–Crippen MR) is 55.7 cm³/mol. The SMILES string of the molecule is NCCC1(O)C[C@@H]2C[C@@H]3CC1[C@H](C2)C3. The van der Waals surface area contributed by atoms with Gasteiger partial charge in [-0.3, -0.25) is 0 Å². The highest BCUT2D eigenvalue weighted by atomic mass is 16.3. The van der Waals surface area contributed by atoms with E-state index in [1.807, 2.05) is 0 Å². The van der Waals surface area contributed by atoms with Crippen molar-refractivity contribution in [2.24, 2.45) is 29.4 Å². The fraction of sp³-hybridized carbons (Fsp3) is 1.00. The summed E-state index contributed by atoms with van der Waals surface area (Å²) in [6.45, 7) is 0.650. The van der Waals surface area contributed by atoms with E-state index in [1.165, 1.54) is 25.7 Å². The van der Waals surface area contributed by atoms with Crippen molar-refractivity contribution in [1.29, 1.82) is 0 Å². The zero-order valence-electron chi connectivity index (χ0n) is 8.78. The molecule has 5 atom stereocenters. The van der Waals surface area contributed by atoms with Gasteiger partial charge in [0.25, 0.3) is 0 Å². The van der Waals surface area contributed by atoms with Crippen LogP contribution < -0.4 is 5.73 Å². The summed E-state index contributed by atoms with van der Waals surface area (Å²) in [4.78, 5) is 0. The lowest BCUT2D eigenvalue weighted by Gasteiger charge is -2.45. The zero-order valence-corrected chi connectivity index (χ0v) is 8.78. The van der Waals surface area contributed by atoms with Gasteiger partial charge in [-0.2, -0.15) is 0 Å².